The average Bonchev–Trinajstić information content (AvgIpc) is 3.01. The topological polar surface area (TPSA) is 49.4 Å². The Kier molecular flexibility index (Phi) is 5.71. The third kappa shape index (κ3) is 4.40. The first-order valence-electron chi connectivity index (χ1n) is 8.51. The van der Waals surface area contributed by atoms with E-state index in [9.17, 15) is 9.59 Å². The van der Waals surface area contributed by atoms with Gasteiger partial charge in [-0.05, 0) is 30.5 Å². The number of hydrogen-bond acceptors (Lipinski definition) is 2. The second-order valence-electron chi connectivity index (χ2n) is 6.24. The van der Waals surface area contributed by atoms with E-state index in [0.29, 0.717) is 23.8 Å². The van der Waals surface area contributed by atoms with Crippen molar-refractivity contribution in [1.29, 1.82) is 0 Å². The van der Waals surface area contributed by atoms with Crippen molar-refractivity contribution in [2.45, 2.75) is 19.3 Å². The molecular formula is C20H21ClN2O2. The molecule has 1 heterocycles. The van der Waals surface area contributed by atoms with Gasteiger partial charge in [0.1, 0.15) is 0 Å². The van der Waals surface area contributed by atoms with Gasteiger partial charge in [-0.1, -0.05) is 54.1 Å². The first-order chi connectivity index (χ1) is 12.1. The van der Waals surface area contributed by atoms with Crippen LogP contribution in [0.5, 0.6) is 0 Å². The van der Waals surface area contributed by atoms with Crippen molar-refractivity contribution >= 4 is 29.1 Å². The van der Waals surface area contributed by atoms with Crippen molar-refractivity contribution in [2.24, 2.45) is 5.92 Å². The molecule has 130 valence electrons. The molecule has 1 atom stereocenters. The molecule has 2 aromatic rings. The highest BCUT2D eigenvalue weighted by Gasteiger charge is 2.35. The molecule has 1 saturated heterocycles. The second-order valence-corrected chi connectivity index (χ2v) is 6.64. The van der Waals surface area contributed by atoms with Gasteiger partial charge in [0.15, 0.2) is 0 Å². The number of nitrogens with zero attached hydrogens (tertiary/aromatic N) is 1. The van der Waals surface area contributed by atoms with Crippen LogP contribution in [0.2, 0.25) is 5.02 Å². The lowest BCUT2D eigenvalue weighted by molar-refractivity contribution is -0.126. The second kappa shape index (κ2) is 8.17. The molecule has 0 aromatic heterocycles. The standard InChI is InChI=1S/C20H21ClN2O2/c21-17-10-4-5-11-18(17)23-14-16(13-19(23)24)20(25)22-12-6-9-15-7-2-1-3-8-15/h1-5,7-8,10-11,16H,6,9,12-14H2,(H,22,25). The van der Waals surface area contributed by atoms with Crippen molar-refractivity contribution < 1.29 is 9.59 Å². The zero-order valence-electron chi connectivity index (χ0n) is 14.0. The average molecular weight is 357 g/mol. The fourth-order valence-electron chi connectivity index (χ4n) is 3.08. The molecule has 4 nitrogen and oxygen atoms in total. The Hall–Kier alpha value is -2.33. The van der Waals surface area contributed by atoms with Crippen LogP contribution in [0.15, 0.2) is 54.6 Å². The molecule has 5 heteroatoms. The molecular weight excluding hydrogens is 336 g/mol. The van der Waals surface area contributed by atoms with Gasteiger partial charge < -0.3 is 10.2 Å². The predicted octanol–water partition coefficient (Wildman–Crippen LogP) is 3.44. The van der Waals surface area contributed by atoms with E-state index >= 15 is 0 Å². The third-order valence-electron chi connectivity index (χ3n) is 4.42. The van der Waals surface area contributed by atoms with E-state index < -0.39 is 0 Å². The highest BCUT2D eigenvalue weighted by molar-refractivity contribution is 6.33. The van der Waals surface area contributed by atoms with Crippen molar-refractivity contribution in [2.75, 3.05) is 18.0 Å². The largest absolute Gasteiger partial charge is 0.356 e. The SMILES string of the molecule is O=C(NCCCc1ccccc1)C1CC(=O)N(c2ccccc2Cl)C1. The fourth-order valence-corrected chi connectivity index (χ4v) is 3.32. The summed E-state index contributed by atoms with van der Waals surface area (Å²) in [4.78, 5) is 26.2. The molecule has 3 rings (SSSR count). The Bertz CT molecular complexity index is 748. The van der Waals surface area contributed by atoms with Gasteiger partial charge in [-0.2, -0.15) is 0 Å². The van der Waals surface area contributed by atoms with E-state index in [2.05, 4.69) is 17.4 Å². The summed E-state index contributed by atoms with van der Waals surface area (Å²) in [5.41, 5.74) is 1.94. The molecule has 2 amide bonds. The first kappa shape index (κ1) is 17.5. The monoisotopic (exact) mass is 356 g/mol. The number of anilines is 1. The Morgan fingerprint density at radius 2 is 1.84 bits per heavy atom. The normalized spacial score (nSPS) is 16.9. The molecule has 0 spiro atoms. The van der Waals surface area contributed by atoms with Gasteiger partial charge in [-0.15, -0.1) is 0 Å². The lowest BCUT2D eigenvalue weighted by Gasteiger charge is -2.18. The summed E-state index contributed by atoms with van der Waals surface area (Å²) in [5.74, 6) is -0.436. The first-order valence-corrected chi connectivity index (χ1v) is 8.89. The molecule has 0 aliphatic carbocycles. The molecule has 25 heavy (non-hydrogen) atoms. The fraction of sp³-hybridized carbons (Fsp3) is 0.300. The number of hydrogen-bond donors (Lipinski definition) is 1. The maximum Gasteiger partial charge on any atom is 0.227 e. The highest BCUT2D eigenvalue weighted by Crippen LogP contribution is 2.30. The van der Waals surface area contributed by atoms with Crippen LogP contribution in [-0.4, -0.2) is 24.9 Å². The number of amides is 2. The Morgan fingerprint density at radius 1 is 1.12 bits per heavy atom. The summed E-state index contributed by atoms with van der Waals surface area (Å²) in [5, 5.41) is 3.48. The lowest BCUT2D eigenvalue weighted by Crippen LogP contribution is -2.33. The zero-order valence-corrected chi connectivity index (χ0v) is 14.7. The van der Waals surface area contributed by atoms with Crippen molar-refractivity contribution in [3.8, 4) is 0 Å². The van der Waals surface area contributed by atoms with Crippen LogP contribution in [0.3, 0.4) is 0 Å². The van der Waals surface area contributed by atoms with Crippen LogP contribution in [0.25, 0.3) is 0 Å². The minimum atomic E-state index is -0.319. The molecule has 1 fully saturated rings. The Labute approximate surface area is 152 Å². The van der Waals surface area contributed by atoms with Crippen LogP contribution in [-0.2, 0) is 16.0 Å². The third-order valence-corrected chi connectivity index (χ3v) is 4.74. The molecule has 1 N–H and O–H groups in total. The minimum Gasteiger partial charge on any atom is -0.356 e. The van der Waals surface area contributed by atoms with E-state index in [1.165, 1.54) is 5.56 Å². The summed E-state index contributed by atoms with van der Waals surface area (Å²) in [6.45, 7) is 0.998. The summed E-state index contributed by atoms with van der Waals surface area (Å²) < 4.78 is 0. The van der Waals surface area contributed by atoms with Gasteiger partial charge >= 0.3 is 0 Å². The molecule has 1 unspecified atom stereocenters. The van der Waals surface area contributed by atoms with Gasteiger partial charge in [0.2, 0.25) is 11.8 Å². The van der Waals surface area contributed by atoms with Gasteiger partial charge in [0.25, 0.3) is 0 Å². The summed E-state index contributed by atoms with van der Waals surface area (Å²) in [6, 6.07) is 17.4. The van der Waals surface area contributed by atoms with E-state index in [-0.39, 0.29) is 24.2 Å². The molecule has 2 aromatic carbocycles. The number of aryl methyl sites for hydroxylation is 1. The van der Waals surface area contributed by atoms with Gasteiger partial charge in [0, 0.05) is 19.5 Å². The number of benzene rings is 2. The van der Waals surface area contributed by atoms with E-state index in [0.717, 1.165) is 12.8 Å². The molecule has 0 bridgehead atoms. The number of nitrogens with one attached hydrogen (secondary N) is 1. The van der Waals surface area contributed by atoms with Crippen molar-refractivity contribution in [3.63, 3.8) is 0 Å². The molecule has 1 aliphatic rings. The van der Waals surface area contributed by atoms with Crippen molar-refractivity contribution in [1.82, 2.24) is 5.32 Å². The molecule has 0 radical (unpaired) electrons. The van der Waals surface area contributed by atoms with Crippen LogP contribution in [0, 0.1) is 5.92 Å². The van der Waals surface area contributed by atoms with Crippen LogP contribution < -0.4 is 10.2 Å². The number of carbonyl (C=O) groups excluding carboxylic acids is 2. The minimum absolute atomic E-state index is 0.0578. The summed E-state index contributed by atoms with van der Waals surface area (Å²) in [7, 11) is 0. The quantitative estimate of drug-likeness (QED) is 0.806. The highest BCUT2D eigenvalue weighted by atomic mass is 35.5. The van der Waals surface area contributed by atoms with E-state index in [1.807, 2.05) is 30.3 Å². The Balaban J connectivity index is 1.49. The smallest absolute Gasteiger partial charge is 0.227 e. The summed E-state index contributed by atoms with van der Waals surface area (Å²) >= 11 is 6.16. The zero-order chi connectivity index (χ0) is 17.6. The van der Waals surface area contributed by atoms with Crippen LogP contribution >= 0.6 is 11.6 Å². The Morgan fingerprint density at radius 3 is 2.60 bits per heavy atom. The number of halogens is 1. The summed E-state index contributed by atoms with van der Waals surface area (Å²) in [6.07, 6.45) is 2.04. The lowest BCUT2D eigenvalue weighted by atomic mass is 10.1. The van der Waals surface area contributed by atoms with Gasteiger partial charge in [-0.25, -0.2) is 0 Å². The number of carbonyl (C=O) groups is 2. The number of para-hydroxylation sites is 1. The molecule has 1 aliphatic heterocycles. The van der Waals surface area contributed by atoms with Gasteiger partial charge in [0.05, 0.1) is 16.6 Å². The maximum absolute atomic E-state index is 12.3. The van der Waals surface area contributed by atoms with Gasteiger partial charge in [-0.3, -0.25) is 9.59 Å². The van der Waals surface area contributed by atoms with Crippen molar-refractivity contribution in [3.05, 3.63) is 65.2 Å². The maximum atomic E-state index is 12.3. The van der Waals surface area contributed by atoms with E-state index in [1.54, 1.807) is 17.0 Å². The number of rotatable bonds is 6. The molecule has 0 saturated carbocycles. The predicted molar refractivity (Wildman–Crippen MR) is 99.7 cm³/mol. The van der Waals surface area contributed by atoms with Crippen LogP contribution in [0.4, 0.5) is 5.69 Å². The van der Waals surface area contributed by atoms with Crippen LogP contribution in [0.1, 0.15) is 18.4 Å². The van der Waals surface area contributed by atoms with E-state index in [4.69, 9.17) is 11.6 Å².